The zero-order valence-corrected chi connectivity index (χ0v) is 15.7. The van der Waals surface area contributed by atoms with E-state index in [1.165, 1.54) is 0 Å². The number of carboxylic acid groups (broad SMARTS) is 1. The Morgan fingerprint density at radius 3 is 2.88 bits per heavy atom. The molecule has 0 bridgehead atoms. The van der Waals surface area contributed by atoms with Crippen LogP contribution in [0.4, 0.5) is 0 Å². The average molecular weight is 378 g/mol. The maximum absolute atomic E-state index is 11.0. The van der Waals surface area contributed by atoms with Crippen LogP contribution in [0.1, 0.15) is 37.3 Å². The molecule has 1 N–H and O–H groups in total. The van der Waals surface area contributed by atoms with E-state index in [0.29, 0.717) is 29.0 Å². The fourth-order valence-electron chi connectivity index (χ4n) is 2.73. The maximum atomic E-state index is 11.0. The number of nitrogens with zero attached hydrogens (tertiary/aromatic N) is 1. The summed E-state index contributed by atoms with van der Waals surface area (Å²) in [7, 11) is 0. The number of carboxylic acids is 1. The van der Waals surface area contributed by atoms with Crippen LogP contribution in [0.25, 0.3) is 0 Å². The third-order valence-electron chi connectivity index (χ3n) is 4.07. The molecule has 0 radical (unpaired) electrons. The van der Waals surface area contributed by atoms with Crippen molar-refractivity contribution in [2.75, 3.05) is 0 Å². The number of benzene rings is 1. The second kappa shape index (κ2) is 7.67. The second-order valence-corrected chi connectivity index (χ2v) is 8.37. The maximum Gasteiger partial charge on any atom is 0.307 e. The van der Waals surface area contributed by atoms with Crippen LogP contribution in [-0.4, -0.2) is 21.3 Å². The second-order valence-electron chi connectivity index (χ2n) is 6.39. The van der Waals surface area contributed by atoms with Gasteiger partial charge in [-0.25, -0.2) is 4.98 Å². The normalized spacial score (nSPS) is 19.0. The number of ether oxygens (including phenoxy) is 1. The van der Waals surface area contributed by atoms with Gasteiger partial charge in [0.15, 0.2) is 0 Å². The number of hydrogen-bond acceptors (Lipinski definition) is 4. The van der Waals surface area contributed by atoms with E-state index in [1.54, 1.807) is 24.0 Å². The Balaban J connectivity index is 1.67. The standard InChI is InChI=1S/C19H20ClNO3S/c1-11(2)25-18-12(4-3-7-21-18)10-24-13-5-6-14(17(20)8-13)15-9-16(15)19(22)23/h3-8,11,15-16H,9-10H2,1-2H3,(H,22,23). The Morgan fingerprint density at radius 2 is 2.24 bits per heavy atom. The number of rotatable bonds is 7. The topological polar surface area (TPSA) is 59.4 Å². The van der Waals surface area contributed by atoms with E-state index in [0.717, 1.165) is 16.2 Å². The van der Waals surface area contributed by atoms with Gasteiger partial charge in [0.05, 0.1) is 5.92 Å². The molecule has 0 amide bonds. The van der Waals surface area contributed by atoms with Crippen molar-refractivity contribution in [3.8, 4) is 5.75 Å². The van der Waals surface area contributed by atoms with Gasteiger partial charge in [-0.3, -0.25) is 4.79 Å². The van der Waals surface area contributed by atoms with Gasteiger partial charge in [0.2, 0.25) is 0 Å². The van der Waals surface area contributed by atoms with Crippen LogP contribution < -0.4 is 4.74 Å². The number of aliphatic carboxylic acids is 1. The molecular weight excluding hydrogens is 358 g/mol. The molecule has 2 unspecified atom stereocenters. The fourth-order valence-corrected chi connectivity index (χ4v) is 3.89. The lowest BCUT2D eigenvalue weighted by Gasteiger charge is -2.12. The van der Waals surface area contributed by atoms with E-state index in [1.807, 2.05) is 24.3 Å². The zero-order chi connectivity index (χ0) is 18.0. The van der Waals surface area contributed by atoms with Crippen LogP contribution in [0.5, 0.6) is 5.75 Å². The van der Waals surface area contributed by atoms with E-state index in [2.05, 4.69) is 18.8 Å². The monoisotopic (exact) mass is 377 g/mol. The molecule has 3 rings (SSSR count). The summed E-state index contributed by atoms with van der Waals surface area (Å²) in [5.41, 5.74) is 1.92. The highest BCUT2D eigenvalue weighted by atomic mass is 35.5. The molecule has 0 aliphatic heterocycles. The van der Waals surface area contributed by atoms with Crippen LogP contribution in [0.15, 0.2) is 41.6 Å². The molecule has 25 heavy (non-hydrogen) atoms. The molecule has 132 valence electrons. The predicted molar refractivity (Wildman–Crippen MR) is 99.5 cm³/mol. The van der Waals surface area contributed by atoms with E-state index in [9.17, 15) is 4.79 Å². The first-order valence-corrected chi connectivity index (χ1v) is 9.47. The largest absolute Gasteiger partial charge is 0.489 e. The van der Waals surface area contributed by atoms with E-state index < -0.39 is 5.97 Å². The van der Waals surface area contributed by atoms with Gasteiger partial charge in [-0.15, -0.1) is 11.8 Å². The summed E-state index contributed by atoms with van der Waals surface area (Å²) in [6, 6.07) is 9.40. The quantitative estimate of drug-likeness (QED) is 0.688. The minimum atomic E-state index is -0.756. The first-order valence-electron chi connectivity index (χ1n) is 8.21. The summed E-state index contributed by atoms with van der Waals surface area (Å²) in [5.74, 6) is -0.375. The van der Waals surface area contributed by atoms with Crippen LogP contribution >= 0.6 is 23.4 Å². The molecule has 1 saturated carbocycles. The van der Waals surface area contributed by atoms with Crippen molar-refractivity contribution in [3.63, 3.8) is 0 Å². The van der Waals surface area contributed by atoms with Crippen molar-refractivity contribution in [3.05, 3.63) is 52.7 Å². The molecule has 0 spiro atoms. The third-order valence-corrected chi connectivity index (χ3v) is 5.46. The number of thioether (sulfide) groups is 1. The molecule has 0 saturated heterocycles. The van der Waals surface area contributed by atoms with Gasteiger partial charge in [-0.05, 0) is 36.1 Å². The van der Waals surface area contributed by atoms with Crippen LogP contribution in [-0.2, 0) is 11.4 Å². The molecule has 2 aromatic rings. The summed E-state index contributed by atoms with van der Waals surface area (Å²) in [6.45, 7) is 4.68. The predicted octanol–water partition coefficient (Wildman–Crippen LogP) is 5.00. The fraction of sp³-hybridized carbons (Fsp3) is 0.368. The van der Waals surface area contributed by atoms with Crippen LogP contribution in [0.2, 0.25) is 5.02 Å². The van der Waals surface area contributed by atoms with E-state index >= 15 is 0 Å². The van der Waals surface area contributed by atoms with E-state index in [-0.39, 0.29) is 11.8 Å². The van der Waals surface area contributed by atoms with Crippen molar-refractivity contribution in [2.45, 2.75) is 43.1 Å². The molecule has 1 aliphatic carbocycles. The summed E-state index contributed by atoms with van der Waals surface area (Å²) < 4.78 is 5.87. The van der Waals surface area contributed by atoms with Gasteiger partial charge >= 0.3 is 5.97 Å². The molecule has 4 nitrogen and oxygen atoms in total. The van der Waals surface area contributed by atoms with Crippen LogP contribution in [0, 0.1) is 5.92 Å². The number of halogens is 1. The highest BCUT2D eigenvalue weighted by molar-refractivity contribution is 7.99. The average Bonchev–Trinajstić information content (AvgIpc) is 3.34. The third kappa shape index (κ3) is 4.47. The lowest BCUT2D eigenvalue weighted by molar-refractivity contribution is -0.138. The Bertz CT molecular complexity index is 781. The van der Waals surface area contributed by atoms with Gasteiger partial charge in [-0.2, -0.15) is 0 Å². The van der Waals surface area contributed by atoms with E-state index in [4.69, 9.17) is 21.4 Å². The number of pyridine rings is 1. The van der Waals surface area contributed by atoms with Crippen molar-refractivity contribution in [2.24, 2.45) is 5.92 Å². The lowest BCUT2D eigenvalue weighted by atomic mass is 10.1. The molecule has 1 aromatic carbocycles. The lowest BCUT2D eigenvalue weighted by Crippen LogP contribution is -2.01. The van der Waals surface area contributed by atoms with Gasteiger partial charge in [-0.1, -0.05) is 37.6 Å². The Kier molecular flexibility index (Phi) is 5.54. The van der Waals surface area contributed by atoms with Gasteiger partial charge in [0.1, 0.15) is 17.4 Å². The van der Waals surface area contributed by atoms with Crippen molar-refractivity contribution in [1.82, 2.24) is 4.98 Å². The summed E-state index contributed by atoms with van der Waals surface area (Å²) in [5, 5.41) is 11.0. The highest BCUT2D eigenvalue weighted by Gasteiger charge is 2.45. The molecule has 2 atom stereocenters. The SMILES string of the molecule is CC(C)Sc1ncccc1COc1ccc(C2CC2C(=O)O)c(Cl)c1. The van der Waals surface area contributed by atoms with Crippen molar-refractivity contribution < 1.29 is 14.6 Å². The summed E-state index contributed by atoms with van der Waals surface area (Å²) in [6.07, 6.45) is 2.44. The molecular formula is C19H20ClNO3S. The zero-order valence-electron chi connectivity index (χ0n) is 14.1. The van der Waals surface area contributed by atoms with Crippen molar-refractivity contribution in [1.29, 1.82) is 0 Å². The van der Waals surface area contributed by atoms with Gasteiger partial charge in [0.25, 0.3) is 0 Å². The molecule has 1 aromatic heterocycles. The minimum Gasteiger partial charge on any atom is -0.489 e. The summed E-state index contributed by atoms with van der Waals surface area (Å²) in [4.78, 5) is 15.4. The Hall–Kier alpha value is -1.72. The van der Waals surface area contributed by atoms with Crippen LogP contribution in [0.3, 0.4) is 0 Å². The number of carbonyl (C=O) groups is 1. The molecule has 6 heteroatoms. The number of hydrogen-bond donors (Lipinski definition) is 1. The Labute approximate surface area is 156 Å². The first-order chi connectivity index (χ1) is 12.0. The first kappa shape index (κ1) is 18.1. The molecule has 1 aliphatic rings. The smallest absolute Gasteiger partial charge is 0.307 e. The van der Waals surface area contributed by atoms with Gasteiger partial charge < -0.3 is 9.84 Å². The number of aromatic nitrogens is 1. The summed E-state index contributed by atoms with van der Waals surface area (Å²) >= 11 is 8.03. The van der Waals surface area contributed by atoms with Crippen molar-refractivity contribution >= 4 is 29.3 Å². The molecule has 1 heterocycles. The minimum absolute atomic E-state index is 0.0198. The Morgan fingerprint density at radius 1 is 1.44 bits per heavy atom. The van der Waals surface area contributed by atoms with Gasteiger partial charge in [0, 0.05) is 22.0 Å². The highest BCUT2D eigenvalue weighted by Crippen LogP contribution is 2.50. The molecule has 1 fully saturated rings.